The zero-order valence-electron chi connectivity index (χ0n) is 12.1. The van der Waals surface area contributed by atoms with Gasteiger partial charge in [0, 0.05) is 27.9 Å². The van der Waals surface area contributed by atoms with E-state index in [0.717, 1.165) is 0 Å². The van der Waals surface area contributed by atoms with E-state index in [1.807, 2.05) is 0 Å². The van der Waals surface area contributed by atoms with Gasteiger partial charge in [-0.1, -0.05) is 0 Å². The summed E-state index contributed by atoms with van der Waals surface area (Å²) in [5.41, 5.74) is 8.15. The van der Waals surface area contributed by atoms with Crippen LogP contribution in [-0.2, 0) is 0 Å². The van der Waals surface area contributed by atoms with Crippen molar-refractivity contribution in [2.24, 2.45) is 0 Å². The van der Waals surface area contributed by atoms with Crippen molar-refractivity contribution in [3.05, 3.63) is 39.3 Å². The lowest BCUT2D eigenvalue weighted by molar-refractivity contribution is 0.387. The second-order valence-corrected chi connectivity index (χ2v) is 6.27. The van der Waals surface area contributed by atoms with Crippen LogP contribution in [0.3, 0.4) is 0 Å². The quantitative estimate of drug-likeness (QED) is 0.828. The third-order valence-corrected chi connectivity index (χ3v) is 4.22. The summed E-state index contributed by atoms with van der Waals surface area (Å²) in [5.74, 6) is -0.266. The Labute approximate surface area is 122 Å². The Hall–Kier alpha value is -1.75. The molecule has 5 heteroatoms. The van der Waals surface area contributed by atoms with Crippen LogP contribution in [0.15, 0.2) is 18.2 Å². The van der Waals surface area contributed by atoms with Crippen molar-refractivity contribution in [3.63, 3.8) is 0 Å². The standard InChI is InChI=1S/C15H19FN2OS/c1-8-5-11(10(3)20-8)9(2)18-14-7-15(19-4)12(16)6-13(14)17/h5-7,9,18H,17H2,1-4H3. The summed E-state index contributed by atoms with van der Waals surface area (Å²) >= 11 is 1.77. The monoisotopic (exact) mass is 294 g/mol. The fraction of sp³-hybridized carbons (Fsp3) is 0.333. The molecule has 0 fully saturated rings. The van der Waals surface area contributed by atoms with Crippen LogP contribution in [0.1, 0.15) is 28.3 Å². The summed E-state index contributed by atoms with van der Waals surface area (Å²) in [6.45, 7) is 6.24. The number of benzene rings is 1. The first-order valence-corrected chi connectivity index (χ1v) is 7.20. The highest BCUT2D eigenvalue weighted by Gasteiger charge is 2.14. The van der Waals surface area contributed by atoms with Gasteiger partial charge in [0.1, 0.15) is 0 Å². The van der Waals surface area contributed by atoms with Gasteiger partial charge in [-0.2, -0.15) is 0 Å². The number of methoxy groups -OCH3 is 1. The zero-order chi connectivity index (χ0) is 14.9. The van der Waals surface area contributed by atoms with Crippen LogP contribution >= 0.6 is 11.3 Å². The van der Waals surface area contributed by atoms with Gasteiger partial charge in [0.2, 0.25) is 0 Å². The molecular formula is C15H19FN2OS. The largest absolute Gasteiger partial charge is 0.494 e. The van der Waals surface area contributed by atoms with Gasteiger partial charge in [-0.25, -0.2) is 4.39 Å². The average molecular weight is 294 g/mol. The molecule has 108 valence electrons. The number of rotatable bonds is 4. The van der Waals surface area contributed by atoms with Gasteiger partial charge in [-0.05, 0) is 32.4 Å². The van der Waals surface area contributed by atoms with Gasteiger partial charge in [-0.3, -0.25) is 0 Å². The molecule has 3 N–H and O–H groups in total. The lowest BCUT2D eigenvalue weighted by Crippen LogP contribution is -2.09. The van der Waals surface area contributed by atoms with Crippen LogP contribution < -0.4 is 15.8 Å². The maximum absolute atomic E-state index is 13.5. The van der Waals surface area contributed by atoms with Crippen molar-refractivity contribution < 1.29 is 9.13 Å². The minimum absolute atomic E-state index is 0.0948. The van der Waals surface area contributed by atoms with E-state index in [9.17, 15) is 4.39 Å². The number of nitrogen functional groups attached to an aromatic ring is 1. The fourth-order valence-corrected chi connectivity index (χ4v) is 3.26. The van der Waals surface area contributed by atoms with Gasteiger partial charge in [-0.15, -0.1) is 11.3 Å². The van der Waals surface area contributed by atoms with Gasteiger partial charge in [0.25, 0.3) is 0 Å². The molecule has 2 aromatic rings. The molecule has 0 aliphatic heterocycles. The van der Waals surface area contributed by atoms with E-state index in [4.69, 9.17) is 10.5 Å². The molecule has 1 heterocycles. The summed E-state index contributed by atoms with van der Waals surface area (Å²) in [6.07, 6.45) is 0. The molecule has 3 nitrogen and oxygen atoms in total. The predicted octanol–water partition coefficient (Wildman–Crippen LogP) is 4.27. The van der Waals surface area contributed by atoms with Crippen molar-refractivity contribution in [2.75, 3.05) is 18.2 Å². The fourth-order valence-electron chi connectivity index (χ4n) is 2.24. The minimum atomic E-state index is -0.453. The van der Waals surface area contributed by atoms with E-state index in [0.29, 0.717) is 11.4 Å². The Morgan fingerprint density at radius 1 is 1.30 bits per heavy atom. The van der Waals surface area contributed by atoms with Crippen LogP contribution in [0.4, 0.5) is 15.8 Å². The number of halogens is 1. The first-order chi connectivity index (χ1) is 9.42. The van der Waals surface area contributed by atoms with Gasteiger partial charge in [0.05, 0.1) is 18.5 Å². The molecule has 1 unspecified atom stereocenters. The second kappa shape index (κ2) is 5.71. The maximum atomic E-state index is 13.5. The van der Waals surface area contributed by atoms with Crippen molar-refractivity contribution in [1.82, 2.24) is 0 Å². The first kappa shape index (κ1) is 14.7. The minimum Gasteiger partial charge on any atom is -0.494 e. The summed E-state index contributed by atoms with van der Waals surface area (Å²) in [5, 5.41) is 3.32. The Morgan fingerprint density at radius 3 is 2.55 bits per heavy atom. The van der Waals surface area contributed by atoms with Gasteiger partial charge >= 0.3 is 0 Å². The van der Waals surface area contributed by atoms with Crippen LogP contribution in [0.25, 0.3) is 0 Å². The van der Waals surface area contributed by atoms with E-state index in [2.05, 4.69) is 32.2 Å². The third kappa shape index (κ3) is 2.88. The van der Waals surface area contributed by atoms with E-state index in [-0.39, 0.29) is 11.8 Å². The van der Waals surface area contributed by atoms with Crippen LogP contribution in [0.2, 0.25) is 0 Å². The number of hydrogen-bond donors (Lipinski definition) is 2. The number of thiophene rings is 1. The molecule has 2 rings (SSSR count). The lowest BCUT2D eigenvalue weighted by atomic mass is 10.1. The number of hydrogen-bond acceptors (Lipinski definition) is 4. The molecule has 0 amide bonds. The highest BCUT2D eigenvalue weighted by molar-refractivity contribution is 7.12. The number of aryl methyl sites for hydroxylation is 2. The maximum Gasteiger partial charge on any atom is 0.167 e. The normalized spacial score (nSPS) is 12.2. The summed E-state index contributed by atoms with van der Waals surface area (Å²) in [6, 6.07) is 5.13. The van der Waals surface area contributed by atoms with E-state index < -0.39 is 5.82 Å². The van der Waals surface area contributed by atoms with Crippen molar-refractivity contribution in [3.8, 4) is 5.75 Å². The molecule has 1 atom stereocenters. The predicted molar refractivity (Wildman–Crippen MR) is 83.2 cm³/mol. The molecule has 20 heavy (non-hydrogen) atoms. The highest BCUT2D eigenvalue weighted by Crippen LogP contribution is 2.33. The first-order valence-electron chi connectivity index (χ1n) is 6.39. The Morgan fingerprint density at radius 2 is 2.00 bits per heavy atom. The van der Waals surface area contributed by atoms with Crippen LogP contribution in [0.5, 0.6) is 5.75 Å². The summed E-state index contributed by atoms with van der Waals surface area (Å²) < 4.78 is 18.5. The second-order valence-electron chi connectivity index (χ2n) is 4.81. The smallest absolute Gasteiger partial charge is 0.167 e. The number of anilines is 2. The third-order valence-electron chi connectivity index (χ3n) is 3.24. The number of ether oxygens (including phenoxy) is 1. The summed E-state index contributed by atoms with van der Waals surface area (Å²) in [4.78, 5) is 2.55. The van der Waals surface area contributed by atoms with E-state index in [1.54, 1.807) is 17.4 Å². The SMILES string of the molecule is COc1cc(NC(C)c2cc(C)sc2C)c(N)cc1F. The van der Waals surface area contributed by atoms with E-state index >= 15 is 0 Å². The molecule has 0 spiro atoms. The van der Waals surface area contributed by atoms with Crippen LogP contribution in [-0.4, -0.2) is 7.11 Å². The lowest BCUT2D eigenvalue weighted by Gasteiger charge is -2.18. The molecule has 0 saturated carbocycles. The average Bonchev–Trinajstić information content (AvgIpc) is 2.71. The van der Waals surface area contributed by atoms with Crippen molar-refractivity contribution >= 4 is 22.7 Å². The highest BCUT2D eigenvalue weighted by atomic mass is 32.1. The number of nitrogens with one attached hydrogen (secondary N) is 1. The molecule has 0 radical (unpaired) electrons. The Balaban J connectivity index is 2.27. The summed E-state index contributed by atoms with van der Waals surface area (Å²) in [7, 11) is 1.44. The molecule has 0 saturated heterocycles. The van der Waals surface area contributed by atoms with Crippen molar-refractivity contribution in [2.45, 2.75) is 26.8 Å². The molecular weight excluding hydrogens is 275 g/mol. The van der Waals surface area contributed by atoms with Gasteiger partial charge in [0.15, 0.2) is 11.6 Å². The van der Waals surface area contributed by atoms with E-state index in [1.165, 1.54) is 28.5 Å². The molecule has 1 aromatic heterocycles. The molecule has 1 aromatic carbocycles. The van der Waals surface area contributed by atoms with Gasteiger partial charge < -0.3 is 15.8 Å². The molecule has 0 aliphatic rings. The zero-order valence-corrected chi connectivity index (χ0v) is 12.9. The van der Waals surface area contributed by atoms with Crippen LogP contribution in [0, 0.1) is 19.7 Å². The Kier molecular flexibility index (Phi) is 4.18. The molecule has 0 aliphatic carbocycles. The van der Waals surface area contributed by atoms with Crippen molar-refractivity contribution in [1.29, 1.82) is 0 Å². The Bertz CT molecular complexity index is 625. The number of nitrogens with two attached hydrogens (primary N) is 1. The molecule has 0 bridgehead atoms. The topological polar surface area (TPSA) is 47.3 Å².